The molecule has 1 saturated carbocycles. The second-order valence-corrected chi connectivity index (χ2v) is 6.01. The highest BCUT2D eigenvalue weighted by atomic mass is 16.4. The van der Waals surface area contributed by atoms with E-state index in [-0.39, 0.29) is 11.0 Å². The van der Waals surface area contributed by atoms with E-state index in [2.05, 4.69) is 26.1 Å². The van der Waals surface area contributed by atoms with Crippen LogP contribution in [0.1, 0.15) is 53.4 Å². The third kappa shape index (κ3) is 3.40. The normalized spacial score (nSPS) is 34.8. The van der Waals surface area contributed by atoms with Crippen molar-refractivity contribution < 1.29 is 9.90 Å². The van der Waals surface area contributed by atoms with Crippen LogP contribution in [0.4, 0.5) is 4.79 Å². The van der Waals surface area contributed by atoms with Gasteiger partial charge in [0.25, 0.3) is 0 Å². The minimum atomic E-state index is -0.898. The first-order valence-electron chi connectivity index (χ1n) is 5.77. The van der Waals surface area contributed by atoms with Crippen molar-refractivity contribution in [1.29, 1.82) is 0 Å². The van der Waals surface area contributed by atoms with Crippen LogP contribution in [0.15, 0.2) is 0 Å². The molecule has 3 nitrogen and oxygen atoms in total. The summed E-state index contributed by atoms with van der Waals surface area (Å²) in [5.74, 6) is 0.644. The summed E-state index contributed by atoms with van der Waals surface area (Å²) in [6.45, 7) is 8.69. The molecule has 0 heterocycles. The molecule has 88 valence electrons. The van der Waals surface area contributed by atoms with E-state index in [1.807, 2.05) is 6.92 Å². The number of amides is 1. The molecule has 0 saturated heterocycles. The van der Waals surface area contributed by atoms with Crippen LogP contribution in [0.3, 0.4) is 0 Å². The minimum absolute atomic E-state index is 0.242. The van der Waals surface area contributed by atoms with Crippen molar-refractivity contribution in [2.75, 3.05) is 0 Å². The average molecular weight is 213 g/mol. The Morgan fingerprint density at radius 3 is 2.47 bits per heavy atom. The maximum Gasteiger partial charge on any atom is 0.405 e. The van der Waals surface area contributed by atoms with Gasteiger partial charge in [-0.3, -0.25) is 0 Å². The lowest BCUT2D eigenvalue weighted by Gasteiger charge is -2.46. The summed E-state index contributed by atoms with van der Waals surface area (Å²) in [7, 11) is 0. The summed E-state index contributed by atoms with van der Waals surface area (Å²) < 4.78 is 0. The molecule has 2 N–H and O–H groups in total. The van der Waals surface area contributed by atoms with E-state index in [4.69, 9.17) is 5.11 Å². The van der Waals surface area contributed by atoms with E-state index < -0.39 is 6.09 Å². The number of rotatable bonds is 2. The van der Waals surface area contributed by atoms with Crippen LogP contribution in [0.2, 0.25) is 0 Å². The maximum absolute atomic E-state index is 10.8. The molecule has 0 spiro atoms. The van der Waals surface area contributed by atoms with Crippen molar-refractivity contribution in [3.8, 4) is 0 Å². The zero-order valence-electron chi connectivity index (χ0n) is 10.3. The highest BCUT2D eigenvalue weighted by molar-refractivity contribution is 5.65. The Labute approximate surface area is 92.3 Å². The summed E-state index contributed by atoms with van der Waals surface area (Å²) in [5, 5.41) is 11.5. The van der Waals surface area contributed by atoms with Crippen LogP contribution in [0, 0.1) is 11.3 Å². The van der Waals surface area contributed by atoms with Gasteiger partial charge in [0.1, 0.15) is 0 Å². The molecular formula is C12H23NO2. The van der Waals surface area contributed by atoms with Gasteiger partial charge in [-0.2, -0.15) is 0 Å². The fourth-order valence-corrected chi connectivity index (χ4v) is 3.33. The van der Waals surface area contributed by atoms with E-state index in [0.717, 1.165) is 19.3 Å². The smallest absolute Gasteiger partial charge is 0.405 e. The first-order chi connectivity index (χ1) is 6.76. The van der Waals surface area contributed by atoms with Crippen molar-refractivity contribution in [3.63, 3.8) is 0 Å². The highest BCUT2D eigenvalue weighted by Crippen LogP contribution is 2.44. The van der Waals surface area contributed by atoms with Gasteiger partial charge < -0.3 is 10.4 Å². The monoisotopic (exact) mass is 213 g/mol. The lowest BCUT2D eigenvalue weighted by molar-refractivity contribution is 0.0813. The van der Waals surface area contributed by atoms with Crippen LogP contribution >= 0.6 is 0 Å². The van der Waals surface area contributed by atoms with Crippen LogP contribution < -0.4 is 5.32 Å². The molecule has 3 heteroatoms. The van der Waals surface area contributed by atoms with Crippen molar-refractivity contribution in [1.82, 2.24) is 5.32 Å². The van der Waals surface area contributed by atoms with Gasteiger partial charge in [-0.15, -0.1) is 0 Å². The molecule has 0 aliphatic heterocycles. The molecule has 1 fully saturated rings. The molecule has 0 aromatic heterocycles. The summed E-state index contributed by atoms with van der Waals surface area (Å²) in [6.07, 6.45) is 3.35. The van der Waals surface area contributed by atoms with Gasteiger partial charge in [-0.05, 0) is 37.5 Å². The zero-order chi connectivity index (χ0) is 11.7. The van der Waals surface area contributed by atoms with Gasteiger partial charge in [0.15, 0.2) is 0 Å². The lowest BCUT2D eigenvalue weighted by Crippen LogP contribution is -2.52. The van der Waals surface area contributed by atoms with E-state index in [9.17, 15) is 4.79 Å². The van der Waals surface area contributed by atoms with Gasteiger partial charge >= 0.3 is 6.09 Å². The van der Waals surface area contributed by atoms with E-state index in [1.165, 1.54) is 6.42 Å². The largest absolute Gasteiger partial charge is 0.465 e. The first-order valence-corrected chi connectivity index (χ1v) is 5.77. The predicted molar refractivity (Wildman–Crippen MR) is 61.0 cm³/mol. The molecule has 1 rings (SSSR count). The number of hydrogen-bond donors (Lipinski definition) is 2. The van der Waals surface area contributed by atoms with E-state index in [0.29, 0.717) is 5.92 Å². The fourth-order valence-electron chi connectivity index (χ4n) is 3.33. The number of hydrogen-bond acceptors (Lipinski definition) is 1. The summed E-state index contributed by atoms with van der Waals surface area (Å²) in [4.78, 5) is 10.8. The molecule has 0 aromatic rings. The Kier molecular flexibility index (Phi) is 3.31. The predicted octanol–water partition coefficient (Wildman–Crippen LogP) is 3.25. The van der Waals surface area contributed by atoms with Crippen LogP contribution in [0.25, 0.3) is 0 Å². The molecule has 0 bridgehead atoms. The third-order valence-electron chi connectivity index (χ3n) is 3.44. The topological polar surface area (TPSA) is 49.3 Å². The number of nitrogens with one attached hydrogen (secondary N) is 1. The third-order valence-corrected chi connectivity index (χ3v) is 3.44. The summed E-state index contributed by atoms with van der Waals surface area (Å²) in [5.41, 5.74) is 0.00435. The Morgan fingerprint density at radius 1 is 1.40 bits per heavy atom. The van der Waals surface area contributed by atoms with E-state index in [1.54, 1.807) is 0 Å². The van der Waals surface area contributed by atoms with Crippen molar-refractivity contribution in [2.24, 2.45) is 11.3 Å². The summed E-state index contributed by atoms with van der Waals surface area (Å²) in [6, 6.07) is 0. The molecule has 1 aliphatic carbocycles. The molecule has 0 unspecified atom stereocenters. The Bertz CT molecular complexity index is 250. The number of carboxylic acid groups (broad SMARTS) is 1. The molecule has 1 aliphatic rings. The second kappa shape index (κ2) is 4.03. The molecule has 15 heavy (non-hydrogen) atoms. The quantitative estimate of drug-likeness (QED) is 0.739. The maximum atomic E-state index is 10.8. The SMILES string of the molecule is CC[C@H]1CC(C)(C)C[C@](C)(NC(=O)O)C1. The van der Waals surface area contributed by atoms with Gasteiger partial charge in [0.05, 0.1) is 0 Å². The Balaban J connectivity index is 2.76. The Morgan fingerprint density at radius 2 is 2.00 bits per heavy atom. The van der Waals surface area contributed by atoms with Gasteiger partial charge in [0.2, 0.25) is 0 Å². The Hall–Kier alpha value is -0.730. The van der Waals surface area contributed by atoms with Crippen molar-refractivity contribution in [2.45, 2.75) is 58.9 Å². The van der Waals surface area contributed by atoms with Gasteiger partial charge in [0, 0.05) is 5.54 Å². The summed E-state index contributed by atoms with van der Waals surface area (Å²) >= 11 is 0. The second-order valence-electron chi connectivity index (χ2n) is 6.01. The molecule has 0 radical (unpaired) electrons. The highest BCUT2D eigenvalue weighted by Gasteiger charge is 2.41. The molecular weight excluding hydrogens is 190 g/mol. The van der Waals surface area contributed by atoms with Crippen LogP contribution in [-0.2, 0) is 0 Å². The molecule has 1 amide bonds. The molecule has 0 aromatic carbocycles. The standard InChI is InChI=1S/C12H23NO2/c1-5-9-6-11(2,3)8-12(4,7-9)13-10(14)15/h9,13H,5-8H2,1-4H3,(H,14,15)/t9-,12+/m0/s1. The lowest BCUT2D eigenvalue weighted by atomic mass is 9.64. The van der Waals surface area contributed by atoms with Crippen molar-refractivity contribution in [3.05, 3.63) is 0 Å². The van der Waals surface area contributed by atoms with Crippen molar-refractivity contribution >= 4 is 6.09 Å². The first kappa shape index (κ1) is 12.3. The van der Waals surface area contributed by atoms with E-state index >= 15 is 0 Å². The van der Waals surface area contributed by atoms with Crippen LogP contribution in [-0.4, -0.2) is 16.7 Å². The minimum Gasteiger partial charge on any atom is -0.465 e. The van der Waals surface area contributed by atoms with Crippen LogP contribution in [0.5, 0.6) is 0 Å². The zero-order valence-corrected chi connectivity index (χ0v) is 10.3. The fraction of sp³-hybridized carbons (Fsp3) is 0.917. The van der Waals surface area contributed by atoms with Gasteiger partial charge in [-0.1, -0.05) is 27.2 Å². The van der Waals surface area contributed by atoms with Gasteiger partial charge in [-0.25, -0.2) is 4.79 Å². The average Bonchev–Trinajstić information content (AvgIpc) is 1.97. The number of carbonyl (C=O) groups is 1. The molecule has 2 atom stereocenters.